The van der Waals surface area contributed by atoms with Crippen LogP contribution in [0.2, 0.25) is 0 Å². The molecule has 26 heavy (non-hydrogen) atoms. The van der Waals surface area contributed by atoms with Crippen molar-refractivity contribution in [2.45, 2.75) is 135 Å². The molecule has 0 atom stereocenters. The third-order valence-electron chi connectivity index (χ3n) is 4.98. The first kappa shape index (κ1) is 31.9. The Bertz CT molecular complexity index is 263. The van der Waals surface area contributed by atoms with E-state index in [1.165, 1.54) is 109 Å². The van der Waals surface area contributed by atoms with Crippen LogP contribution in [0.15, 0.2) is 0 Å². The van der Waals surface area contributed by atoms with Gasteiger partial charge in [-0.2, -0.15) is 0 Å². The maximum Gasteiger partial charge on any atom is 3.00 e. The van der Waals surface area contributed by atoms with E-state index < -0.39 is 5.97 Å². The molecule has 144 valence electrons. The van der Waals surface area contributed by atoms with Crippen molar-refractivity contribution in [2.75, 3.05) is 0 Å². The number of rotatable bonds is 20. The number of carbonyl (C=O) groups is 1. The van der Waals surface area contributed by atoms with Gasteiger partial charge in [0.1, 0.15) is 0 Å². The molecule has 0 aromatic carbocycles. The van der Waals surface area contributed by atoms with Gasteiger partial charge in [0, 0.05) is 5.97 Å². The molecule has 0 spiro atoms. The third kappa shape index (κ3) is 30.0. The van der Waals surface area contributed by atoms with Crippen molar-refractivity contribution in [2.24, 2.45) is 0 Å². The van der Waals surface area contributed by atoms with E-state index in [4.69, 9.17) is 0 Å². The summed E-state index contributed by atoms with van der Waals surface area (Å²) in [5.41, 5.74) is 0. The zero-order valence-electron chi connectivity index (χ0n) is 17.7. The van der Waals surface area contributed by atoms with E-state index in [0.29, 0.717) is 0 Å². The molecule has 0 N–H and O–H groups in total. The summed E-state index contributed by atoms with van der Waals surface area (Å²) < 4.78 is 0. The Morgan fingerprint density at radius 1 is 0.538 bits per heavy atom. The summed E-state index contributed by atoms with van der Waals surface area (Å²) in [7, 11) is 0. The van der Waals surface area contributed by atoms with Gasteiger partial charge < -0.3 is 9.90 Å². The number of unbranched alkanes of at least 4 members (excludes halogenated alkanes) is 18. The predicted octanol–water partition coefficient (Wildman–Crippen LogP) is 5.80. The summed E-state index contributed by atoms with van der Waals surface area (Å²) in [4.78, 5) is 10.3. The van der Waals surface area contributed by atoms with E-state index in [1.807, 2.05) is 0 Å². The number of aliphatic carboxylic acids is 1. The van der Waals surface area contributed by atoms with Crippen LogP contribution in [0.4, 0.5) is 0 Å². The van der Waals surface area contributed by atoms with Gasteiger partial charge in [0.25, 0.3) is 0 Å². The first-order valence-corrected chi connectivity index (χ1v) is 11.0. The van der Waals surface area contributed by atoms with Crippen LogP contribution in [-0.4, -0.2) is 61.1 Å². The molecule has 0 saturated carbocycles. The molecule has 2 nitrogen and oxygen atoms in total. The number of hydrogen-bond acceptors (Lipinski definition) is 2. The zero-order chi connectivity index (χ0) is 17.7. The molecular formula is C22H43AlCaO2+4. The van der Waals surface area contributed by atoms with Crippen LogP contribution in [0.25, 0.3) is 0 Å². The zero-order valence-corrected chi connectivity index (χ0v) is 21.1. The first-order chi connectivity index (χ1) is 11.8. The minimum Gasteiger partial charge on any atom is -0.550 e. The molecule has 0 fully saturated rings. The average Bonchev–Trinajstić information content (AvgIpc) is 2.56. The normalized spacial score (nSPS) is 10.2. The van der Waals surface area contributed by atoms with Crippen molar-refractivity contribution in [3.8, 4) is 0 Å². The third-order valence-corrected chi connectivity index (χ3v) is 4.98. The number of carbonyl (C=O) groups excluding carboxylic acids is 1. The van der Waals surface area contributed by atoms with Gasteiger partial charge in [-0.25, -0.2) is 0 Å². The van der Waals surface area contributed by atoms with Crippen LogP contribution in [0.1, 0.15) is 135 Å². The van der Waals surface area contributed by atoms with Gasteiger partial charge in [-0.3, -0.25) is 0 Å². The van der Waals surface area contributed by atoms with E-state index in [2.05, 4.69) is 6.92 Å². The molecular weight excluding hydrogens is 363 g/mol. The van der Waals surface area contributed by atoms with E-state index in [0.717, 1.165) is 12.8 Å². The Labute approximate surface area is 204 Å². The summed E-state index contributed by atoms with van der Waals surface area (Å²) in [6.07, 6.45) is 25.7. The minimum absolute atomic E-state index is 0. The molecule has 0 aromatic rings. The first-order valence-electron chi connectivity index (χ1n) is 11.0. The van der Waals surface area contributed by atoms with Crippen molar-refractivity contribution < 1.29 is 9.90 Å². The molecule has 0 aromatic heterocycles. The van der Waals surface area contributed by atoms with Crippen LogP contribution in [-0.2, 0) is 4.79 Å². The summed E-state index contributed by atoms with van der Waals surface area (Å²) in [6.45, 7) is 2.28. The average molecular weight is 407 g/mol. The van der Waals surface area contributed by atoms with E-state index in [1.54, 1.807) is 0 Å². The SMILES string of the molecule is CCCCCCCCCCCCCCCCCCCCCC(=O)[O-].[Al+3].[Ca+2]. The number of hydrogen-bond donors (Lipinski definition) is 0. The molecule has 0 aliphatic carbocycles. The Hall–Kier alpha value is 1.26. The van der Waals surface area contributed by atoms with Crippen molar-refractivity contribution in [3.05, 3.63) is 0 Å². The van der Waals surface area contributed by atoms with Crippen LogP contribution >= 0.6 is 0 Å². The molecule has 0 bridgehead atoms. The fourth-order valence-electron chi connectivity index (χ4n) is 3.35. The monoisotopic (exact) mass is 406 g/mol. The summed E-state index contributed by atoms with van der Waals surface area (Å²) in [5, 5.41) is 10.3. The van der Waals surface area contributed by atoms with Crippen LogP contribution < -0.4 is 5.11 Å². The van der Waals surface area contributed by atoms with Gasteiger partial charge in [-0.05, 0) is 12.8 Å². The fraction of sp³-hybridized carbons (Fsp3) is 0.955. The fourth-order valence-corrected chi connectivity index (χ4v) is 3.35. The van der Waals surface area contributed by atoms with Gasteiger partial charge in [0.05, 0.1) is 0 Å². The molecule has 0 saturated heterocycles. The minimum atomic E-state index is -0.901. The second-order valence-electron chi connectivity index (χ2n) is 7.49. The molecule has 0 unspecified atom stereocenters. The van der Waals surface area contributed by atoms with Crippen molar-refractivity contribution in [1.29, 1.82) is 0 Å². The van der Waals surface area contributed by atoms with Crippen LogP contribution in [0.5, 0.6) is 0 Å². The molecule has 0 rings (SSSR count). The molecule has 4 heteroatoms. The Morgan fingerprint density at radius 3 is 1.00 bits per heavy atom. The molecule has 0 heterocycles. The predicted molar refractivity (Wildman–Crippen MR) is 115 cm³/mol. The van der Waals surface area contributed by atoms with Crippen molar-refractivity contribution >= 4 is 61.1 Å². The van der Waals surface area contributed by atoms with Crippen LogP contribution in [0, 0.1) is 0 Å². The quantitative estimate of drug-likeness (QED) is 0.189. The Balaban J connectivity index is -0.00000264. The summed E-state index contributed by atoms with van der Waals surface area (Å²) >= 11 is 0. The second kappa shape index (κ2) is 28.5. The van der Waals surface area contributed by atoms with Gasteiger partial charge in [0.15, 0.2) is 0 Å². The maximum absolute atomic E-state index is 10.3. The molecule has 0 aliphatic rings. The van der Waals surface area contributed by atoms with Gasteiger partial charge in [-0.1, -0.05) is 122 Å². The molecule has 0 radical (unpaired) electrons. The van der Waals surface area contributed by atoms with E-state index in [9.17, 15) is 9.90 Å². The standard InChI is InChI=1S/C22H44O2.Al.Ca/c1-2-3-4-5-6-7-8-9-10-11-12-13-14-15-16-17-18-19-20-21-22(23)24;;/h2-21H2,1H3,(H,23,24);;/q;+3;+2/p-1. The molecule has 0 amide bonds. The van der Waals surface area contributed by atoms with Gasteiger partial charge in [0.2, 0.25) is 0 Å². The second-order valence-corrected chi connectivity index (χ2v) is 7.49. The maximum atomic E-state index is 10.3. The summed E-state index contributed by atoms with van der Waals surface area (Å²) in [6, 6.07) is 0. The topological polar surface area (TPSA) is 40.1 Å². The van der Waals surface area contributed by atoms with Gasteiger partial charge >= 0.3 is 55.1 Å². The Kier molecular flexibility index (Phi) is 35.0. The van der Waals surface area contributed by atoms with E-state index in [-0.39, 0.29) is 61.5 Å². The smallest absolute Gasteiger partial charge is 0.550 e. The molecule has 0 aliphatic heterocycles. The summed E-state index contributed by atoms with van der Waals surface area (Å²) in [5.74, 6) is -0.901. The van der Waals surface area contributed by atoms with Gasteiger partial charge in [-0.15, -0.1) is 0 Å². The number of carboxylic acids is 1. The number of carboxylic acid groups (broad SMARTS) is 1. The Morgan fingerprint density at radius 2 is 0.769 bits per heavy atom. The van der Waals surface area contributed by atoms with Crippen molar-refractivity contribution in [1.82, 2.24) is 0 Å². The largest absolute Gasteiger partial charge is 3.00 e. The van der Waals surface area contributed by atoms with E-state index >= 15 is 0 Å². The van der Waals surface area contributed by atoms with Crippen molar-refractivity contribution in [3.63, 3.8) is 0 Å². The van der Waals surface area contributed by atoms with Crippen LogP contribution in [0.3, 0.4) is 0 Å².